The van der Waals surface area contributed by atoms with Crippen LogP contribution >= 0.6 is 0 Å². The van der Waals surface area contributed by atoms with Gasteiger partial charge >= 0.3 is 0 Å². The Balaban J connectivity index is 1.84. The zero-order chi connectivity index (χ0) is 19.9. The van der Waals surface area contributed by atoms with Gasteiger partial charge in [0.1, 0.15) is 23.8 Å². The lowest BCUT2D eigenvalue weighted by Crippen LogP contribution is -2.45. The molecule has 1 aromatic heterocycles. The highest BCUT2D eigenvalue weighted by Crippen LogP contribution is 2.27. The number of aromatic nitrogens is 2. The lowest BCUT2D eigenvalue weighted by atomic mass is 9.92. The summed E-state index contributed by atoms with van der Waals surface area (Å²) in [6, 6.07) is 5.42. The molecule has 150 valence electrons. The number of aliphatic hydroxyl groups excluding tert-OH is 1. The Morgan fingerprint density at radius 1 is 1.25 bits per heavy atom. The Morgan fingerprint density at radius 3 is 2.71 bits per heavy atom. The second-order valence-electron chi connectivity index (χ2n) is 6.69. The number of hydrogen-bond acceptors (Lipinski definition) is 6. The first-order chi connectivity index (χ1) is 13.6. The molecule has 1 aliphatic rings. The van der Waals surface area contributed by atoms with E-state index in [0.29, 0.717) is 24.3 Å². The number of hydrogen-bond donors (Lipinski definition) is 2. The molecular weight excluding hydrogens is 365 g/mol. The highest BCUT2D eigenvalue weighted by Gasteiger charge is 2.26. The van der Waals surface area contributed by atoms with E-state index in [4.69, 9.17) is 9.47 Å². The maximum absolute atomic E-state index is 13.3. The van der Waals surface area contributed by atoms with Crippen LogP contribution in [0.25, 0.3) is 11.3 Å². The third kappa shape index (κ3) is 5.02. The summed E-state index contributed by atoms with van der Waals surface area (Å²) in [6.45, 7) is 0.630. The van der Waals surface area contributed by atoms with Gasteiger partial charge in [-0.25, -0.2) is 14.4 Å². The van der Waals surface area contributed by atoms with E-state index in [2.05, 4.69) is 15.3 Å². The van der Waals surface area contributed by atoms with E-state index in [-0.39, 0.29) is 30.0 Å². The quantitative estimate of drug-likeness (QED) is 0.706. The molecule has 1 saturated carbocycles. The van der Waals surface area contributed by atoms with Crippen LogP contribution in [-0.2, 0) is 4.74 Å². The summed E-state index contributed by atoms with van der Waals surface area (Å²) < 4.78 is 23.9. The number of benzene rings is 1. The van der Waals surface area contributed by atoms with Gasteiger partial charge in [0.15, 0.2) is 0 Å². The zero-order valence-corrected chi connectivity index (χ0v) is 15.7. The highest BCUT2D eigenvalue weighted by atomic mass is 19.1. The van der Waals surface area contributed by atoms with E-state index >= 15 is 0 Å². The highest BCUT2D eigenvalue weighted by molar-refractivity contribution is 5.93. The van der Waals surface area contributed by atoms with Gasteiger partial charge in [0.05, 0.1) is 24.9 Å². The van der Waals surface area contributed by atoms with Crippen molar-refractivity contribution in [3.63, 3.8) is 0 Å². The maximum Gasteiger partial charge on any atom is 0.271 e. The second-order valence-corrected chi connectivity index (χ2v) is 6.69. The molecule has 1 heterocycles. The van der Waals surface area contributed by atoms with E-state index in [1.807, 2.05) is 0 Å². The van der Waals surface area contributed by atoms with Gasteiger partial charge < -0.3 is 19.9 Å². The minimum absolute atomic E-state index is 0.108. The SMILES string of the molecule is COCCOc1ncc(C(=O)N[C@@H]2CCCC[C@H]2O)nc1-c1ccc(F)cc1. The lowest BCUT2D eigenvalue weighted by Gasteiger charge is -2.28. The van der Waals surface area contributed by atoms with Gasteiger partial charge in [-0.1, -0.05) is 12.8 Å². The number of ether oxygens (including phenoxy) is 2. The summed E-state index contributed by atoms with van der Waals surface area (Å²) in [5, 5.41) is 12.9. The van der Waals surface area contributed by atoms with Crippen molar-refractivity contribution in [2.75, 3.05) is 20.3 Å². The summed E-state index contributed by atoms with van der Waals surface area (Å²) in [4.78, 5) is 21.2. The first-order valence-electron chi connectivity index (χ1n) is 9.32. The molecular formula is C20H24FN3O4. The Morgan fingerprint density at radius 2 is 2.00 bits per heavy atom. The van der Waals surface area contributed by atoms with Crippen molar-refractivity contribution in [1.29, 1.82) is 0 Å². The topological polar surface area (TPSA) is 93.6 Å². The van der Waals surface area contributed by atoms with Crippen molar-refractivity contribution in [1.82, 2.24) is 15.3 Å². The Labute approximate surface area is 162 Å². The van der Waals surface area contributed by atoms with Crippen molar-refractivity contribution in [2.45, 2.75) is 37.8 Å². The number of carbonyl (C=O) groups excluding carboxylic acids is 1. The van der Waals surface area contributed by atoms with Crippen LogP contribution in [0, 0.1) is 5.82 Å². The monoisotopic (exact) mass is 389 g/mol. The fraction of sp³-hybridized carbons (Fsp3) is 0.450. The van der Waals surface area contributed by atoms with Gasteiger partial charge in [-0.3, -0.25) is 4.79 Å². The normalized spacial score (nSPS) is 19.2. The molecule has 7 nitrogen and oxygen atoms in total. The molecule has 2 atom stereocenters. The van der Waals surface area contributed by atoms with Crippen LogP contribution < -0.4 is 10.1 Å². The molecule has 0 bridgehead atoms. The fourth-order valence-corrected chi connectivity index (χ4v) is 3.13. The van der Waals surface area contributed by atoms with Crippen molar-refractivity contribution in [3.8, 4) is 17.1 Å². The average Bonchev–Trinajstić information content (AvgIpc) is 2.71. The van der Waals surface area contributed by atoms with Crippen molar-refractivity contribution < 1.29 is 23.8 Å². The first kappa shape index (κ1) is 20.2. The second kappa shape index (κ2) is 9.57. The minimum atomic E-state index is -0.557. The average molecular weight is 389 g/mol. The van der Waals surface area contributed by atoms with Gasteiger partial charge in [-0.15, -0.1) is 0 Å². The molecule has 1 aromatic carbocycles. The van der Waals surface area contributed by atoms with Gasteiger partial charge in [-0.05, 0) is 37.1 Å². The summed E-state index contributed by atoms with van der Waals surface area (Å²) in [6.07, 6.45) is 4.09. The van der Waals surface area contributed by atoms with Crippen LogP contribution in [0.1, 0.15) is 36.2 Å². The first-order valence-corrected chi connectivity index (χ1v) is 9.32. The number of rotatable bonds is 7. The van der Waals surface area contributed by atoms with Crippen molar-refractivity contribution in [3.05, 3.63) is 42.0 Å². The molecule has 1 fully saturated rings. The van der Waals surface area contributed by atoms with Crippen LogP contribution in [0.4, 0.5) is 4.39 Å². The maximum atomic E-state index is 13.3. The smallest absolute Gasteiger partial charge is 0.271 e. The summed E-state index contributed by atoms with van der Waals surface area (Å²) in [5.74, 6) is -0.554. The fourth-order valence-electron chi connectivity index (χ4n) is 3.13. The van der Waals surface area contributed by atoms with Crippen LogP contribution in [-0.4, -0.2) is 53.5 Å². The summed E-state index contributed by atoms with van der Waals surface area (Å²) in [5.41, 5.74) is 1.03. The summed E-state index contributed by atoms with van der Waals surface area (Å²) >= 11 is 0. The molecule has 2 aromatic rings. The predicted octanol–water partition coefficient (Wildman–Crippen LogP) is 2.34. The number of halogens is 1. The molecule has 8 heteroatoms. The van der Waals surface area contributed by atoms with Crippen molar-refractivity contribution in [2.24, 2.45) is 0 Å². The zero-order valence-electron chi connectivity index (χ0n) is 15.7. The van der Waals surface area contributed by atoms with E-state index in [1.165, 1.54) is 18.3 Å². The van der Waals surface area contributed by atoms with Crippen LogP contribution in [0.15, 0.2) is 30.5 Å². The van der Waals surface area contributed by atoms with E-state index in [0.717, 1.165) is 19.3 Å². The Kier molecular flexibility index (Phi) is 6.89. The lowest BCUT2D eigenvalue weighted by molar-refractivity contribution is 0.0713. The molecule has 0 spiro atoms. The summed E-state index contributed by atoms with van der Waals surface area (Å²) in [7, 11) is 1.56. The minimum Gasteiger partial charge on any atom is -0.474 e. The van der Waals surface area contributed by atoms with Crippen LogP contribution in [0.5, 0.6) is 5.88 Å². The van der Waals surface area contributed by atoms with E-state index < -0.39 is 12.0 Å². The molecule has 3 rings (SSSR count). The molecule has 28 heavy (non-hydrogen) atoms. The largest absolute Gasteiger partial charge is 0.474 e. The molecule has 1 aliphatic carbocycles. The van der Waals surface area contributed by atoms with Gasteiger partial charge in [0.25, 0.3) is 5.91 Å². The molecule has 2 N–H and O–H groups in total. The van der Waals surface area contributed by atoms with E-state index in [1.54, 1.807) is 19.2 Å². The third-order valence-electron chi connectivity index (χ3n) is 4.66. The van der Waals surface area contributed by atoms with Gasteiger partial charge in [-0.2, -0.15) is 0 Å². The number of nitrogens with one attached hydrogen (secondary N) is 1. The number of carbonyl (C=O) groups is 1. The molecule has 0 radical (unpaired) electrons. The van der Waals surface area contributed by atoms with Gasteiger partial charge in [0.2, 0.25) is 5.88 Å². The molecule has 0 unspecified atom stereocenters. The molecule has 1 amide bonds. The van der Waals surface area contributed by atoms with E-state index in [9.17, 15) is 14.3 Å². The van der Waals surface area contributed by atoms with Gasteiger partial charge in [0, 0.05) is 12.7 Å². The van der Waals surface area contributed by atoms with Crippen LogP contribution in [0.2, 0.25) is 0 Å². The Bertz CT molecular complexity index is 801. The number of nitrogens with zero attached hydrogens (tertiary/aromatic N) is 2. The number of aliphatic hydroxyl groups is 1. The van der Waals surface area contributed by atoms with Crippen molar-refractivity contribution >= 4 is 5.91 Å². The number of amides is 1. The third-order valence-corrected chi connectivity index (χ3v) is 4.66. The standard InChI is InChI=1S/C20H24FN3O4/c1-27-10-11-28-20-18(13-6-8-14(21)9-7-13)23-16(12-22-20)19(26)24-15-4-2-3-5-17(15)25/h6-9,12,15,17,25H,2-5,10-11H2,1H3,(H,24,26)/t15-,17-/m1/s1. The molecule has 0 aliphatic heterocycles. The van der Waals surface area contributed by atoms with Crippen LogP contribution in [0.3, 0.4) is 0 Å². The number of methoxy groups -OCH3 is 1. The predicted molar refractivity (Wildman–Crippen MR) is 101 cm³/mol. The Hall–Kier alpha value is -2.58. The molecule has 0 saturated heterocycles.